The minimum atomic E-state index is -0.458. The molecule has 0 amide bonds. The molecular weight excluding hydrogens is 233 g/mol. The van der Waals surface area contributed by atoms with Gasteiger partial charge in [-0.2, -0.15) is 0 Å². The zero-order valence-electron chi connectivity index (χ0n) is 10.7. The molecule has 0 spiro atoms. The molecule has 0 saturated heterocycles. The van der Waals surface area contributed by atoms with Gasteiger partial charge in [0.2, 0.25) is 0 Å². The number of rotatable bonds is 4. The van der Waals surface area contributed by atoms with Gasteiger partial charge in [-0.05, 0) is 18.8 Å². The lowest BCUT2D eigenvalue weighted by Crippen LogP contribution is -2.15. The molecule has 1 fully saturated rings. The van der Waals surface area contributed by atoms with Crippen LogP contribution in [-0.4, -0.2) is 13.7 Å². The van der Waals surface area contributed by atoms with Gasteiger partial charge in [0.1, 0.15) is 5.75 Å². The SMILES string of the molecule is COc1cc(OCC2CCCCC2)c(N)cc1F. The van der Waals surface area contributed by atoms with E-state index in [1.807, 2.05) is 0 Å². The number of anilines is 1. The normalized spacial score (nSPS) is 16.6. The first-order valence-corrected chi connectivity index (χ1v) is 6.46. The van der Waals surface area contributed by atoms with E-state index in [1.54, 1.807) is 0 Å². The van der Waals surface area contributed by atoms with E-state index in [-0.39, 0.29) is 5.75 Å². The third kappa shape index (κ3) is 3.06. The van der Waals surface area contributed by atoms with Crippen LogP contribution in [0.25, 0.3) is 0 Å². The Hall–Kier alpha value is -1.45. The number of nitrogens with two attached hydrogens (primary N) is 1. The van der Waals surface area contributed by atoms with Crippen LogP contribution in [0, 0.1) is 11.7 Å². The summed E-state index contributed by atoms with van der Waals surface area (Å²) in [5.74, 6) is 0.816. The molecule has 0 unspecified atom stereocenters. The number of halogens is 1. The fourth-order valence-corrected chi connectivity index (χ4v) is 2.39. The van der Waals surface area contributed by atoms with Crippen LogP contribution in [-0.2, 0) is 0 Å². The summed E-state index contributed by atoms with van der Waals surface area (Å²) >= 11 is 0. The lowest BCUT2D eigenvalue weighted by Gasteiger charge is -2.22. The molecule has 0 bridgehead atoms. The molecule has 1 aliphatic carbocycles. The monoisotopic (exact) mass is 253 g/mol. The van der Waals surface area contributed by atoms with E-state index in [4.69, 9.17) is 15.2 Å². The predicted molar refractivity (Wildman–Crippen MR) is 69.4 cm³/mol. The van der Waals surface area contributed by atoms with E-state index in [2.05, 4.69) is 0 Å². The summed E-state index contributed by atoms with van der Waals surface area (Å²) in [6.45, 7) is 0.652. The first-order chi connectivity index (χ1) is 8.70. The molecule has 4 heteroatoms. The highest BCUT2D eigenvalue weighted by Crippen LogP contribution is 2.31. The second-order valence-electron chi connectivity index (χ2n) is 4.84. The average molecular weight is 253 g/mol. The van der Waals surface area contributed by atoms with Crippen LogP contribution >= 0.6 is 0 Å². The maximum Gasteiger partial charge on any atom is 0.167 e. The van der Waals surface area contributed by atoms with Crippen LogP contribution in [0.2, 0.25) is 0 Å². The van der Waals surface area contributed by atoms with Crippen molar-refractivity contribution in [1.29, 1.82) is 0 Å². The number of nitrogen functional groups attached to an aromatic ring is 1. The minimum Gasteiger partial charge on any atom is -0.494 e. The van der Waals surface area contributed by atoms with Crippen LogP contribution in [0.5, 0.6) is 11.5 Å². The van der Waals surface area contributed by atoms with Gasteiger partial charge in [0.05, 0.1) is 19.4 Å². The van der Waals surface area contributed by atoms with Gasteiger partial charge in [0.25, 0.3) is 0 Å². The van der Waals surface area contributed by atoms with Crippen LogP contribution in [0.4, 0.5) is 10.1 Å². The summed E-state index contributed by atoms with van der Waals surface area (Å²) in [5, 5.41) is 0. The molecule has 0 heterocycles. The number of methoxy groups -OCH3 is 1. The van der Waals surface area contributed by atoms with Crippen molar-refractivity contribution in [2.75, 3.05) is 19.5 Å². The zero-order valence-corrected chi connectivity index (χ0v) is 10.7. The highest BCUT2D eigenvalue weighted by Gasteiger charge is 2.15. The van der Waals surface area contributed by atoms with Gasteiger partial charge >= 0.3 is 0 Å². The summed E-state index contributed by atoms with van der Waals surface area (Å²) in [6, 6.07) is 2.77. The Labute approximate surface area is 107 Å². The Morgan fingerprint density at radius 2 is 1.94 bits per heavy atom. The predicted octanol–water partition coefficient (Wildman–Crippen LogP) is 3.38. The highest BCUT2D eigenvalue weighted by molar-refractivity contribution is 5.56. The molecule has 0 aromatic heterocycles. The smallest absolute Gasteiger partial charge is 0.167 e. The Bertz CT molecular complexity index is 403. The molecule has 1 aliphatic rings. The molecule has 1 aromatic carbocycles. The summed E-state index contributed by atoms with van der Waals surface area (Å²) in [6.07, 6.45) is 6.28. The Morgan fingerprint density at radius 3 is 2.61 bits per heavy atom. The molecule has 100 valence electrons. The average Bonchev–Trinajstić information content (AvgIpc) is 2.39. The van der Waals surface area contributed by atoms with Crippen molar-refractivity contribution >= 4 is 5.69 Å². The molecule has 1 aromatic rings. The first kappa shape index (κ1) is 13.0. The van der Waals surface area contributed by atoms with Gasteiger partial charge in [-0.1, -0.05) is 19.3 Å². The summed E-state index contributed by atoms with van der Waals surface area (Å²) in [4.78, 5) is 0. The van der Waals surface area contributed by atoms with Crippen LogP contribution in [0.1, 0.15) is 32.1 Å². The van der Waals surface area contributed by atoms with Crippen molar-refractivity contribution in [3.05, 3.63) is 17.9 Å². The molecule has 2 N–H and O–H groups in total. The van der Waals surface area contributed by atoms with Crippen molar-refractivity contribution < 1.29 is 13.9 Å². The Morgan fingerprint density at radius 1 is 1.22 bits per heavy atom. The number of benzene rings is 1. The molecule has 0 aliphatic heterocycles. The van der Waals surface area contributed by atoms with Crippen LogP contribution in [0.15, 0.2) is 12.1 Å². The lowest BCUT2D eigenvalue weighted by molar-refractivity contribution is 0.209. The summed E-state index contributed by atoms with van der Waals surface area (Å²) in [7, 11) is 1.43. The van der Waals surface area contributed by atoms with E-state index in [0.29, 0.717) is 24.0 Å². The number of hydrogen-bond acceptors (Lipinski definition) is 3. The number of hydrogen-bond donors (Lipinski definition) is 1. The standard InChI is InChI=1S/C14H20FNO2/c1-17-13-8-14(12(16)7-11(13)15)18-9-10-5-3-2-4-6-10/h7-8,10H,2-6,9,16H2,1H3. The van der Waals surface area contributed by atoms with E-state index in [9.17, 15) is 4.39 Å². The highest BCUT2D eigenvalue weighted by atomic mass is 19.1. The van der Waals surface area contributed by atoms with Gasteiger partial charge in [0.15, 0.2) is 11.6 Å². The van der Waals surface area contributed by atoms with Crippen LogP contribution < -0.4 is 15.2 Å². The molecular formula is C14H20FNO2. The van der Waals surface area contributed by atoms with Gasteiger partial charge < -0.3 is 15.2 Å². The largest absolute Gasteiger partial charge is 0.494 e. The van der Waals surface area contributed by atoms with E-state index >= 15 is 0 Å². The van der Waals surface area contributed by atoms with E-state index in [1.165, 1.54) is 51.3 Å². The van der Waals surface area contributed by atoms with Gasteiger partial charge in [-0.25, -0.2) is 4.39 Å². The maximum absolute atomic E-state index is 13.4. The van der Waals surface area contributed by atoms with Crippen molar-refractivity contribution in [1.82, 2.24) is 0 Å². The molecule has 3 nitrogen and oxygen atoms in total. The Balaban J connectivity index is 1.99. The lowest BCUT2D eigenvalue weighted by atomic mass is 9.90. The third-order valence-corrected chi connectivity index (χ3v) is 3.48. The maximum atomic E-state index is 13.4. The van der Waals surface area contributed by atoms with Gasteiger partial charge in [-0.15, -0.1) is 0 Å². The minimum absolute atomic E-state index is 0.169. The topological polar surface area (TPSA) is 44.5 Å². The van der Waals surface area contributed by atoms with Gasteiger partial charge in [0, 0.05) is 12.1 Å². The fourth-order valence-electron chi connectivity index (χ4n) is 2.39. The second kappa shape index (κ2) is 5.94. The molecule has 0 radical (unpaired) electrons. The van der Waals surface area contributed by atoms with Crippen molar-refractivity contribution in [2.24, 2.45) is 5.92 Å². The van der Waals surface area contributed by atoms with Crippen molar-refractivity contribution in [3.63, 3.8) is 0 Å². The molecule has 18 heavy (non-hydrogen) atoms. The van der Waals surface area contributed by atoms with Crippen molar-refractivity contribution in [2.45, 2.75) is 32.1 Å². The second-order valence-corrected chi connectivity index (χ2v) is 4.84. The Kier molecular flexibility index (Phi) is 4.28. The molecule has 2 rings (SSSR count). The zero-order chi connectivity index (χ0) is 13.0. The fraction of sp³-hybridized carbons (Fsp3) is 0.571. The van der Waals surface area contributed by atoms with Gasteiger partial charge in [-0.3, -0.25) is 0 Å². The van der Waals surface area contributed by atoms with E-state index < -0.39 is 5.82 Å². The quantitative estimate of drug-likeness (QED) is 0.837. The molecule has 1 saturated carbocycles. The third-order valence-electron chi connectivity index (χ3n) is 3.48. The molecule has 0 atom stereocenters. The van der Waals surface area contributed by atoms with Crippen molar-refractivity contribution in [3.8, 4) is 11.5 Å². The summed E-state index contributed by atoms with van der Waals surface area (Å²) in [5.41, 5.74) is 6.06. The first-order valence-electron chi connectivity index (χ1n) is 6.46. The van der Waals surface area contributed by atoms with Crippen LogP contribution in [0.3, 0.4) is 0 Å². The summed E-state index contributed by atoms with van der Waals surface area (Å²) < 4.78 is 24.0. The number of ether oxygens (including phenoxy) is 2. The van der Waals surface area contributed by atoms with E-state index in [0.717, 1.165) is 0 Å².